The predicted molar refractivity (Wildman–Crippen MR) is 137 cm³/mol. The lowest BCUT2D eigenvalue weighted by Gasteiger charge is -2.08. The van der Waals surface area contributed by atoms with E-state index in [9.17, 15) is 0 Å². The Morgan fingerprint density at radius 3 is 1.80 bits per heavy atom. The van der Waals surface area contributed by atoms with Gasteiger partial charge in [0.05, 0.1) is 0 Å². The first-order valence-corrected chi connectivity index (χ1v) is 11.5. The standard InChI is InChI=1S/C24H17NS.2C2H6/c1-2-6-17(7-3-1)18-10-12-19(13-11-18)25-20-14-15-24-22(16-20)21-8-4-5-9-23(21)26-24;2*1-2/h1-16,25H;2*1-2H3. The zero-order chi connectivity index (χ0) is 21.3. The van der Waals surface area contributed by atoms with Crippen LogP contribution in [0.5, 0.6) is 0 Å². The molecular weight excluding hydrogens is 382 g/mol. The number of hydrogen-bond acceptors (Lipinski definition) is 2. The van der Waals surface area contributed by atoms with Crippen LogP contribution in [0.3, 0.4) is 0 Å². The molecule has 1 aromatic heterocycles. The summed E-state index contributed by atoms with van der Waals surface area (Å²) in [5, 5.41) is 6.18. The summed E-state index contributed by atoms with van der Waals surface area (Å²) in [6.45, 7) is 8.00. The molecule has 0 aliphatic carbocycles. The summed E-state index contributed by atoms with van der Waals surface area (Å²) in [5.41, 5.74) is 4.69. The van der Waals surface area contributed by atoms with Crippen molar-refractivity contribution < 1.29 is 0 Å². The molecule has 1 nitrogen and oxygen atoms in total. The summed E-state index contributed by atoms with van der Waals surface area (Å²) >= 11 is 1.85. The van der Waals surface area contributed by atoms with Crippen molar-refractivity contribution in [3.05, 3.63) is 97.1 Å². The SMILES string of the molecule is CC.CC.c1ccc(-c2ccc(Nc3ccc4sc5ccccc5c4c3)cc2)cc1. The number of fused-ring (bicyclic) bond motifs is 3. The molecular formula is C28H29NS. The van der Waals surface area contributed by atoms with Crippen molar-refractivity contribution in [2.24, 2.45) is 0 Å². The second kappa shape index (κ2) is 10.6. The number of benzene rings is 4. The smallest absolute Gasteiger partial charge is 0.0391 e. The van der Waals surface area contributed by atoms with E-state index in [0.29, 0.717) is 0 Å². The van der Waals surface area contributed by atoms with E-state index in [1.807, 2.05) is 45.1 Å². The highest BCUT2D eigenvalue weighted by Crippen LogP contribution is 2.35. The third-order valence-corrected chi connectivity index (χ3v) is 5.81. The van der Waals surface area contributed by atoms with E-state index >= 15 is 0 Å². The van der Waals surface area contributed by atoms with Crippen LogP contribution in [0.4, 0.5) is 11.4 Å². The second-order valence-corrected chi connectivity index (χ2v) is 7.46. The largest absolute Gasteiger partial charge is 0.356 e. The Bertz CT molecular complexity index is 1190. The van der Waals surface area contributed by atoms with E-state index in [1.54, 1.807) is 0 Å². The van der Waals surface area contributed by atoms with E-state index < -0.39 is 0 Å². The maximum atomic E-state index is 3.53. The third kappa shape index (κ3) is 4.72. The highest BCUT2D eigenvalue weighted by Gasteiger charge is 2.05. The lowest BCUT2D eigenvalue weighted by Crippen LogP contribution is -1.89. The molecule has 152 valence electrons. The van der Waals surface area contributed by atoms with E-state index in [4.69, 9.17) is 0 Å². The molecule has 0 saturated carbocycles. The van der Waals surface area contributed by atoms with Gasteiger partial charge < -0.3 is 5.32 Å². The summed E-state index contributed by atoms with van der Waals surface area (Å²) < 4.78 is 2.67. The van der Waals surface area contributed by atoms with Gasteiger partial charge in [0.25, 0.3) is 0 Å². The van der Waals surface area contributed by atoms with Crippen molar-refractivity contribution in [3.8, 4) is 11.1 Å². The van der Waals surface area contributed by atoms with Crippen molar-refractivity contribution in [1.29, 1.82) is 0 Å². The van der Waals surface area contributed by atoms with Gasteiger partial charge in [-0.3, -0.25) is 0 Å². The molecule has 0 amide bonds. The Labute approximate surface area is 184 Å². The Morgan fingerprint density at radius 2 is 1.07 bits per heavy atom. The lowest BCUT2D eigenvalue weighted by atomic mass is 10.1. The van der Waals surface area contributed by atoms with E-state index in [2.05, 4.69) is 96.3 Å². The van der Waals surface area contributed by atoms with Gasteiger partial charge in [0.1, 0.15) is 0 Å². The summed E-state index contributed by atoms with van der Waals surface area (Å²) in [5.74, 6) is 0. The fourth-order valence-corrected chi connectivity index (χ4v) is 4.43. The van der Waals surface area contributed by atoms with E-state index in [0.717, 1.165) is 11.4 Å². The molecule has 4 aromatic carbocycles. The van der Waals surface area contributed by atoms with Crippen molar-refractivity contribution in [1.82, 2.24) is 0 Å². The van der Waals surface area contributed by atoms with Gasteiger partial charge in [-0.15, -0.1) is 11.3 Å². The van der Waals surface area contributed by atoms with Gasteiger partial charge >= 0.3 is 0 Å². The summed E-state index contributed by atoms with van der Waals surface area (Å²) in [7, 11) is 0. The van der Waals surface area contributed by atoms with Crippen molar-refractivity contribution in [2.75, 3.05) is 5.32 Å². The molecule has 0 spiro atoms. The first kappa shape index (κ1) is 21.6. The van der Waals surface area contributed by atoms with Crippen LogP contribution < -0.4 is 5.32 Å². The highest BCUT2D eigenvalue weighted by atomic mass is 32.1. The number of rotatable bonds is 3. The highest BCUT2D eigenvalue weighted by molar-refractivity contribution is 7.25. The molecule has 0 bridgehead atoms. The first-order chi connectivity index (χ1) is 14.9. The average molecular weight is 412 g/mol. The molecule has 5 aromatic rings. The predicted octanol–water partition coefficient (Wildman–Crippen LogP) is 9.52. The fourth-order valence-electron chi connectivity index (χ4n) is 3.35. The van der Waals surface area contributed by atoms with Crippen LogP contribution in [-0.4, -0.2) is 0 Å². The maximum Gasteiger partial charge on any atom is 0.0391 e. The Morgan fingerprint density at radius 1 is 0.500 bits per heavy atom. The minimum atomic E-state index is 1.10. The van der Waals surface area contributed by atoms with Gasteiger partial charge in [-0.05, 0) is 47.5 Å². The molecule has 0 aliphatic rings. The van der Waals surface area contributed by atoms with Gasteiger partial charge in [0, 0.05) is 31.5 Å². The Kier molecular flexibility index (Phi) is 7.64. The summed E-state index contributed by atoms with van der Waals surface area (Å²) in [6.07, 6.45) is 0. The molecule has 0 unspecified atom stereocenters. The Hall–Kier alpha value is -3.10. The van der Waals surface area contributed by atoms with Gasteiger partial charge in [0.15, 0.2) is 0 Å². The molecule has 0 saturated heterocycles. The normalized spacial score (nSPS) is 10.0. The number of hydrogen-bond donors (Lipinski definition) is 1. The van der Waals surface area contributed by atoms with Gasteiger partial charge in [-0.25, -0.2) is 0 Å². The van der Waals surface area contributed by atoms with Crippen LogP contribution >= 0.6 is 11.3 Å². The van der Waals surface area contributed by atoms with Crippen LogP contribution in [-0.2, 0) is 0 Å². The van der Waals surface area contributed by atoms with Crippen molar-refractivity contribution >= 4 is 42.9 Å². The van der Waals surface area contributed by atoms with E-state index in [-0.39, 0.29) is 0 Å². The molecule has 0 aliphatic heterocycles. The molecule has 5 rings (SSSR count). The minimum absolute atomic E-state index is 1.10. The Balaban J connectivity index is 0.000000606. The summed E-state index contributed by atoms with van der Waals surface area (Å²) in [4.78, 5) is 0. The molecule has 30 heavy (non-hydrogen) atoms. The van der Waals surface area contributed by atoms with Crippen LogP contribution in [0.15, 0.2) is 97.1 Å². The average Bonchev–Trinajstić information content (AvgIpc) is 3.21. The maximum absolute atomic E-state index is 3.53. The first-order valence-electron chi connectivity index (χ1n) is 10.7. The van der Waals surface area contributed by atoms with Crippen LogP contribution in [0.1, 0.15) is 27.7 Å². The van der Waals surface area contributed by atoms with Crippen LogP contribution in [0.2, 0.25) is 0 Å². The third-order valence-electron chi connectivity index (χ3n) is 4.66. The quantitative estimate of drug-likeness (QED) is 0.311. The number of anilines is 2. The van der Waals surface area contributed by atoms with Crippen LogP contribution in [0.25, 0.3) is 31.3 Å². The van der Waals surface area contributed by atoms with Gasteiger partial charge in [-0.1, -0.05) is 88.4 Å². The summed E-state index contributed by atoms with van der Waals surface area (Å²) in [6, 6.07) is 34.3. The number of thiophene rings is 1. The molecule has 1 N–H and O–H groups in total. The second-order valence-electron chi connectivity index (χ2n) is 6.38. The fraction of sp³-hybridized carbons (Fsp3) is 0.143. The minimum Gasteiger partial charge on any atom is -0.356 e. The molecule has 0 atom stereocenters. The topological polar surface area (TPSA) is 12.0 Å². The van der Waals surface area contributed by atoms with Crippen LogP contribution in [0, 0.1) is 0 Å². The molecule has 0 radical (unpaired) electrons. The molecule has 1 heterocycles. The molecule has 2 heteroatoms. The lowest BCUT2D eigenvalue weighted by molar-refractivity contribution is 1.50. The van der Waals surface area contributed by atoms with Crippen molar-refractivity contribution in [3.63, 3.8) is 0 Å². The van der Waals surface area contributed by atoms with Gasteiger partial charge in [-0.2, -0.15) is 0 Å². The zero-order valence-electron chi connectivity index (χ0n) is 18.1. The zero-order valence-corrected chi connectivity index (χ0v) is 19.0. The van der Waals surface area contributed by atoms with Gasteiger partial charge in [0.2, 0.25) is 0 Å². The van der Waals surface area contributed by atoms with Crippen molar-refractivity contribution in [2.45, 2.75) is 27.7 Å². The number of nitrogens with one attached hydrogen (secondary N) is 1. The molecule has 0 fully saturated rings. The van der Waals surface area contributed by atoms with E-state index in [1.165, 1.54) is 31.3 Å². The monoisotopic (exact) mass is 411 g/mol.